The monoisotopic (exact) mass is 248 g/mol. The molecule has 0 heterocycles. The van der Waals surface area contributed by atoms with E-state index >= 15 is 0 Å². The topological polar surface area (TPSA) is 0 Å². The van der Waals surface area contributed by atoms with Crippen LogP contribution in [0.2, 0.25) is 0 Å². The van der Waals surface area contributed by atoms with Crippen molar-refractivity contribution in [3.8, 4) is 0 Å². The smallest absolute Gasteiger partial charge is 0 e. The fourth-order valence-corrected chi connectivity index (χ4v) is 0. The van der Waals surface area contributed by atoms with Crippen LogP contribution in [0.15, 0.2) is 0 Å². The molecule has 0 amide bonds. The molecule has 0 saturated carbocycles. The molecular weight excluding hydrogens is 250 g/mol. The molecule has 0 aromatic rings. The summed E-state index contributed by atoms with van der Waals surface area (Å²) in [5.74, 6) is 0. The fraction of sp³-hybridized carbons (Fsp3) is 0. The van der Waals surface area contributed by atoms with Crippen LogP contribution in [-0.4, -0.2) is 24.4 Å². The average Bonchev–Trinajstić information content (AvgIpc) is 0. The molecule has 0 aliphatic heterocycles. The number of hydrogen-bond donors (Lipinski definition) is 0. The predicted octanol–water partition coefficient (Wildman–Crippen LogP) is -15.4. The third-order valence-corrected chi connectivity index (χ3v) is 0. The molecular formula is Cl2F3Sb-5. The van der Waals surface area contributed by atoms with E-state index in [1.165, 1.54) is 0 Å². The maximum absolute atomic E-state index is 0. The molecule has 6 heavy (non-hydrogen) atoms. The summed E-state index contributed by atoms with van der Waals surface area (Å²) in [6, 6.07) is 0. The Bertz CT molecular complexity index is 8.75. The molecule has 3 radical (unpaired) electrons. The van der Waals surface area contributed by atoms with Crippen molar-refractivity contribution in [3.05, 3.63) is 0 Å². The quantitative estimate of drug-likeness (QED) is 0.374. The second-order valence-corrected chi connectivity index (χ2v) is 0. The number of halogens is 5. The maximum atomic E-state index is 0. The van der Waals surface area contributed by atoms with Gasteiger partial charge in [-0.15, -0.1) is 0 Å². The number of rotatable bonds is 0. The SMILES string of the molecule is [Cl-].[Cl-].[F-].[F-].[F-].[Sb]. The van der Waals surface area contributed by atoms with Crippen LogP contribution in [0.5, 0.6) is 0 Å². The van der Waals surface area contributed by atoms with Crippen molar-refractivity contribution < 1.29 is 38.9 Å². The van der Waals surface area contributed by atoms with E-state index in [2.05, 4.69) is 0 Å². The molecule has 0 fully saturated rings. The maximum Gasteiger partial charge on any atom is 0 e. The molecule has 0 N–H and O–H groups in total. The first-order valence-corrected chi connectivity index (χ1v) is 0. The van der Waals surface area contributed by atoms with E-state index in [1.54, 1.807) is 0 Å². The van der Waals surface area contributed by atoms with Gasteiger partial charge >= 0.3 is 0 Å². The van der Waals surface area contributed by atoms with Gasteiger partial charge in [0.2, 0.25) is 0 Å². The Morgan fingerprint density at radius 3 is 0.500 bits per heavy atom. The van der Waals surface area contributed by atoms with Gasteiger partial charge in [0, 0.05) is 24.4 Å². The van der Waals surface area contributed by atoms with Crippen molar-refractivity contribution in [2.24, 2.45) is 0 Å². The molecule has 0 nitrogen and oxygen atoms in total. The van der Waals surface area contributed by atoms with Crippen LogP contribution in [0, 0.1) is 0 Å². The molecule has 0 bridgehead atoms. The Hall–Kier alpha value is 1.19. The van der Waals surface area contributed by atoms with E-state index in [9.17, 15) is 0 Å². The van der Waals surface area contributed by atoms with E-state index in [1.807, 2.05) is 0 Å². The van der Waals surface area contributed by atoms with Gasteiger partial charge in [-0.2, -0.15) is 0 Å². The number of hydrogen-bond acceptors (Lipinski definition) is 0. The zero-order chi connectivity index (χ0) is 0. The van der Waals surface area contributed by atoms with E-state index in [0.717, 1.165) is 0 Å². The van der Waals surface area contributed by atoms with Crippen LogP contribution >= 0.6 is 0 Å². The summed E-state index contributed by atoms with van der Waals surface area (Å²) in [5.41, 5.74) is 0. The third-order valence-electron chi connectivity index (χ3n) is 0. The molecule has 0 aromatic carbocycles. The summed E-state index contributed by atoms with van der Waals surface area (Å²) in [5, 5.41) is 0. The van der Waals surface area contributed by atoms with Gasteiger partial charge in [-0.1, -0.05) is 0 Å². The minimum absolute atomic E-state index is 0. The Morgan fingerprint density at radius 2 is 0.500 bits per heavy atom. The second-order valence-electron chi connectivity index (χ2n) is 0. The van der Waals surface area contributed by atoms with E-state index in [0.29, 0.717) is 0 Å². The Labute approximate surface area is 63.4 Å². The summed E-state index contributed by atoms with van der Waals surface area (Å²) in [7, 11) is 0. The van der Waals surface area contributed by atoms with Crippen LogP contribution in [0.25, 0.3) is 0 Å². The van der Waals surface area contributed by atoms with Gasteiger partial charge in [0.05, 0.1) is 0 Å². The van der Waals surface area contributed by atoms with Crippen molar-refractivity contribution >= 4 is 24.4 Å². The first kappa shape index (κ1) is 195. The molecule has 0 unspecified atom stereocenters. The van der Waals surface area contributed by atoms with Crippen LogP contribution in [0.4, 0.5) is 0 Å². The molecule has 0 saturated heterocycles. The van der Waals surface area contributed by atoms with E-state index in [-0.39, 0.29) is 63.4 Å². The first-order chi connectivity index (χ1) is 0. The molecule has 0 atom stereocenters. The molecule has 6 heteroatoms. The minimum atomic E-state index is 0. The normalized spacial score (nSPS) is 0. The van der Waals surface area contributed by atoms with Crippen LogP contribution in [-0.2, 0) is 0 Å². The molecule has 0 spiro atoms. The van der Waals surface area contributed by atoms with Crippen LogP contribution < -0.4 is 38.9 Å². The standard InChI is InChI=1S/2ClH.3FH.Sb/h5*1H;/p-5. The van der Waals surface area contributed by atoms with Crippen molar-refractivity contribution in [1.29, 1.82) is 0 Å². The van der Waals surface area contributed by atoms with Crippen molar-refractivity contribution in [3.63, 3.8) is 0 Å². The zero-order valence-electron chi connectivity index (χ0n) is 2.34. The average molecular weight is 250 g/mol. The zero-order valence-corrected chi connectivity index (χ0v) is 6.40. The van der Waals surface area contributed by atoms with Gasteiger partial charge in [-0.3, -0.25) is 0 Å². The Morgan fingerprint density at radius 1 is 0.500 bits per heavy atom. The molecule has 0 rings (SSSR count). The van der Waals surface area contributed by atoms with Gasteiger partial charge in [0.15, 0.2) is 0 Å². The minimum Gasteiger partial charge on any atom is -1.00 e. The van der Waals surface area contributed by atoms with Crippen molar-refractivity contribution in [1.82, 2.24) is 0 Å². The van der Waals surface area contributed by atoms with Gasteiger partial charge in [0.25, 0.3) is 0 Å². The van der Waals surface area contributed by atoms with Crippen molar-refractivity contribution in [2.45, 2.75) is 0 Å². The molecule has 0 aromatic heterocycles. The summed E-state index contributed by atoms with van der Waals surface area (Å²) < 4.78 is 0. The molecule has 0 aliphatic carbocycles. The largest absolute Gasteiger partial charge is 1.00 e. The molecule has 45 valence electrons. The second kappa shape index (κ2) is 118. The van der Waals surface area contributed by atoms with Gasteiger partial charge < -0.3 is 38.9 Å². The van der Waals surface area contributed by atoms with E-state index < -0.39 is 0 Å². The fourth-order valence-electron chi connectivity index (χ4n) is 0. The third kappa shape index (κ3) is 64.5. The van der Waals surface area contributed by atoms with E-state index in [4.69, 9.17) is 0 Å². The predicted molar refractivity (Wildman–Crippen MR) is 5.75 cm³/mol. The molecule has 0 aliphatic rings. The summed E-state index contributed by atoms with van der Waals surface area (Å²) in [4.78, 5) is 0. The van der Waals surface area contributed by atoms with Gasteiger partial charge in [-0.05, 0) is 0 Å². The van der Waals surface area contributed by atoms with Gasteiger partial charge in [0.1, 0.15) is 0 Å². The summed E-state index contributed by atoms with van der Waals surface area (Å²) in [6.45, 7) is 0. The van der Waals surface area contributed by atoms with Crippen molar-refractivity contribution in [2.75, 3.05) is 0 Å². The first-order valence-electron chi connectivity index (χ1n) is 0. The van der Waals surface area contributed by atoms with Gasteiger partial charge in [-0.25, -0.2) is 0 Å². The summed E-state index contributed by atoms with van der Waals surface area (Å²) >= 11 is 0. The summed E-state index contributed by atoms with van der Waals surface area (Å²) in [6.07, 6.45) is 0. The Kier molecular flexibility index (Phi) is 3830. The van der Waals surface area contributed by atoms with Crippen LogP contribution in [0.1, 0.15) is 0 Å². The van der Waals surface area contributed by atoms with Crippen LogP contribution in [0.3, 0.4) is 0 Å². The Balaban J connectivity index is 0.